The zero-order valence-corrected chi connectivity index (χ0v) is 9.71. The number of hydrogen-bond donors (Lipinski definition) is 2. The second-order valence-corrected chi connectivity index (χ2v) is 4.64. The summed E-state index contributed by atoms with van der Waals surface area (Å²) in [5.74, 6) is -3.25. The topological polar surface area (TPSA) is 63.3 Å². The Labute approximate surface area is 98.2 Å². The molecule has 0 spiro atoms. The smallest absolute Gasteiger partial charge is 0.304 e. The Hall–Kier alpha value is -1.49. The molecule has 17 heavy (non-hydrogen) atoms. The maximum absolute atomic E-state index is 13.6. The maximum Gasteiger partial charge on any atom is 0.304 e. The van der Waals surface area contributed by atoms with Crippen molar-refractivity contribution in [3.63, 3.8) is 0 Å². The van der Waals surface area contributed by atoms with Crippen LogP contribution in [0.5, 0.6) is 0 Å². The van der Waals surface area contributed by atoms with Crippen LogP contribution in [-0.2, 0) is 4.79 Å². The highest BCUT2D eigenvalue weighted by molar-refractivity contribution is 5.68. The lowest BCUT2D eigenvalue weighted by molar-refractivity contribution is -0.137. The summed E-state index contributed by atoms with van der Waals surface area (Å²) < 4.78 is 26.4. The Morgan fingerprint density at radius 2 is 2.06 bits per heavy atom. The number of carboxylic acid groups (broad SMARTS) is 1. The molecule has 1 unspecified atom stereocenters. The molecule has 0 amide bonds. The van der Waals surface area contributed by atoms with Crippen LogP contribution in [0.4, 0.5) is 8.78 Å². The van der Waals surface area contributed by atoms with Gasteiger partial charge in [0.2, 0.25) is 0 Å². The largest absolute Gasteiger partial charge is 0.481 e. The van der Waals surface area contributed by atoms with Gasteiger partial charge in [-0.25, -0.2) is 8.78 Å². The summed E-state index contributed by atoms with van der Waals surface area (Å²) >= 11 is 0. The van der Waals surface area contributed by atoms with Crippen LogP contribution in [0, 0.1) is 11.6 Å². The average molecular weight is 243 g/mol. The fourth-order valence-corrected chi connectivity index (χ4v) is 1.73. The maximum atomic E-state index is 13.6. The van der Waals surface area contributed by atoms with E-state index in [1.165, 1.54) is 6.07 Å². The first-order chi connectivity index (χ1) is 7.71. The van der Waals surface area contributed by atoms with Crippen molar-refractivity contribution in [2.24, 2.45) is 5.73 Å². The molecular weight excluding hydrogens is 228 g/mol. The Bertz CT molecular complexity index is 427. The molecule has 1 aromatic rings. The van der Waals surface area contributed by atoms with Gasteiger partial charge < -0.3 is 10.8 Å². The van der Waals surface area contributed by atoms with E-state index in [1.54, 1.807) is 13.8 Å². The summed E-state index contributed by atoms with van der Waals surface area (Å²) in [5.41, 5.74) is 5.06. The lowest BCUT2D eigenvalue weighted by atomic mass is 9.80. The van der Waals surface area contributed by atoms with Crippen molar-refractivity contribution < 1.29 is 18.7 Å². The van der Waals surface area contributed by atoms with Gasteiger partial charge in [0.05, 0.1) is 6.42 Å². The fraction of sp³-hybridized carbons (Fsp3) is 0.417. The number of rotatable bonds is 4. The van der Waals surface area contributed by atoms with Crippen LogP contribution < -0.4 is 5.73 Å². The number of carbonyl (C=O) groups is 1. The summed E-state index contributed by atoms with van der Waals surface area (Å²) in [6.07, 6.45) is -0.300. The van der Waals surface area contributed by atoms with Gasteiger partial charge in [-0.05, 0) is 25.5 Å². The van der Waals surface area contributed by atoms with Gasteiger partial charge in [0.15, 0.2) is 0 Å². The SMILES string of the molecule is CC(C)(N)C(CC(=O)O)c1ccc(F)cc1F. The molecule has 0 bridgehead atoms. The molecule has 0 fully saturated rings. The van der Waals surface area contributed by atoms with E-state index in [9.17, 15) is 13.6 Å². The first-order valence-corrected chi connectivity index (χ1v) is 5.17. The molecule has 0 radical (unpaired) electrons. The second kappa shape index (κ2) is 4.79. The second-order valence-electron chi connectivity index (χ2n) is 4.64. The number of aliphatic carboxylic acids is 1. The van der Waals surface area contributed by atoms with Crippen LogP contribution in [0.25, 0.3) is 0 Å². The monoisotopic (exact) mass is 243 g/mol. The first-order valence-electron chi connectivity index (χ1n) is 5.17. The van der Waals surface area contributed by atoms with E-state index in [-0.39, 0.29) is 12.0 Å². The van der Waals surface area contributed by atoms with Gasteiger partial charge >= 0.3 is 5.97 Å². The predicted molar refractivity (Wildman–Crippen MR) is 59.6 cm³/mol. The van der Waals surface area contributed by atoms with Crippen molar-refractivity contribution in [1.29, 1.82) is 0 Å². The summed E-state index contributed by atoms with van der Waals surface area (Å²) in [5, 5.41) is 8.80. The van der Waals surface area contributed by atoms with Gasteiger partial charge in [-0.15, -0.1) is 0 Å². The molecule has 0 saturated heterocycles. The zero-order chi connectivity index (χ0) is 13.2. The molecule has 0 heterocycles. The summed E-state index contributed by atoms with van der Waals surface area (Å²) in [6.45, 7) is 3.23. The van der Waals surface area contributed by atoms with Crippen LogP contribution >= 0.6 is 0 Å². The third-order valence-corrected chi connectivity index (χ3v) is 2.61. The molecule has 1 rings (SSSR count). The van der Waals surface area contributed by atoms with Crippen molar-refractivity contribution >= 4 is 5.97 Å². The number of halogens is 2. The fourth-order valence-electron chi connectivity index (χ4n) is 1.73. The van der Waals surface area contributed by atoms with Crippen LogP contribution in [0.3, 0.4) is 0 Å². The first kappa shape index (κ1) is 13.6. The third-order valence-electron chi connectivity index (χ3n) is 2.61. The average Bonchev–Trinajstić information content (AvgIpc) is 2.13. The number of benzene rings is 1. The number of hydrogen-bond acceptors (Lipinski definition) is 2. The van der Waals surface area contributed by atoms with Gasteiger partial charge in [-0.2, -0.15) is 0 Å². The van der Waals surface area contributed by atoms with Crippen LogP contribution in [-0.4, -0.2) is 16.6 Å². The molecule has 0 aliphatic carbocycles. The highest BCUT2D eigenvalue weighted by Gasteiger charge is 2.31. The van der Waals surface area contributed by atoms with E-state index in [1.807, 2.05) is 0 Å². The van der Waals surface area contributed by atoms with Gasteiger partial charge in [0.25, 0.3) is 0 Å². The lowest BCUT2D eigenvalue weighted by Gasteiger charge is -2.30. The third kappa shape index (κ3) is 3.49. The van der Waals surface area contributed by atoms with E-state index in [0.29, 0.717) is 0 Å². The minimum Gasteiger partial charge on any atom is -0.481 e. The Kier molecular flexibility index (Phi) is 3.83. The summed E-state index contributed by atoms with van der Waals surface area (Å²) in [7, 11) is 0. The van der Waals surface area contributed by atoms with E-state index in [2.05, 4.69) is 0 Å². The minimum absolute atomic E-state index is 0.126. The molecule has 0 aliphatic rings. The quantitative estimate of drug-likeness (QED) is 0.852. The van der Waals surface area contributed by atoms with Crippen molar-refractivity contribution in [2.45, 2.75) is 31.7 Å². The van der Waals surface area contributed by atoms with Gasteiger partial charge in [0.1, 0.15) is 11.6 Å². The Balaban J connectivity index is 3.17. The van der Waals surface area contributed by atoms with E-state index in [0.717, 1.165) is 12.1 Å². The molecule has 3 nitrogen and oxygen atoms in total. The minimum atomic E-state index is -1.07. The standard InChI is InChI=1S/C12H15F2NO2/c1-12(2,15)9(6-11(16)17)8-4-3-7(13)5-10(8)14/h3-5,9H,6,15H2,1-2H3,(H,16,17). The van der Waals surface area contributed by atoms with Crippen molar-refractivity contribution in [3.8, 4) is 0 Å². The van der Waals surface area contributed by atoms with Crippen LogP contribution in [0.2, 0.25) is 0 Å². The van der Waals surface area contributed by atoms with E-state index >= 15 is 0 Å². The molecule has 0 aliphatic heterocycles. The molecule has 0 saturated carbocycles. The van der Waals surface area contributed by atoms with Crippen molar-refractivity contribution in [1.82, 2.24) is 0 Å². The molecule has 1 atom stereocenters. The molecular formula is C12H15F2NO2. The van der Waals surface area contributed by atoms with Gasteiger partial charge in [-0.3, -0.25) is 4.79 Å². The van der Waals surface area contributed by atoms with Crippen LogP contribution in [0.1, 0.15) is 31.7 Å². The van der Waals surface area contributed by atoms with Crippen LogP contribution in [0.15, 0.2) is 18.2 Å². The van der Waals surface area contributed by atoms with Crippen molar-refractivity contribution in [2.75, 3.05) is 0 Å². The van der Waals surface area contributed by atoms with Crippen molar-refractivity contribution in [3.05, 3.63) is 35.4 Å². The zero-order valence-electron chi connectivity index (χ0n) is 9.71. The Morgan fingerprint density at radius 1 is 1.47 bits per heavy atom. The normalized spacial score (nSPS) is 13.5. The summed E-state index contributed by atoms with van der Waals surface area (Å²) in [6, 6.07) is 3.07. The van der Waals surface area contributed by atoms with E-state index in [4.69, 9.17) is 10.8 Å². The molecule has 94 valence electrons. The lowest BCUT2D eigenvalue weighted by Crippen LogP contribution is -2.40. The van der Waals surface area contributed by atoms with Gasteiger partial charge in [0, 0.05) is 17.5 Å². The summed E-state index contributed by atoms with van der Waals surface area (Å²) in [4.78, 5) is 10.8. The molecule has 3 N–H and O–H groups in total. The van der Waals surface area contributed by atoms with Gasteiger partial charge in [-0.1, -0.05) is 6.07 Å². The predicted octanol–water partition coefficient (Wildman–Crippen LogP) is 2.26. The van der Waals surface area contributed by atoms with E-state index < -0.39 is 29.1 Å². The molecule has 0 aromatic heterocycles. The number of nitrogens with two attached hydrogens (primary N) is 1. The highest BCUT2D eigenvalue weighted by Crippen LogP contribution is 2.31. The Morgan fingerprint density at radius 3 is 2.47 bits per heavy atom. The highest BCUT2D eigenvalue weighted by atomic mass is 19.1. The number of carboxylic acids is 1. The molecule has 5 heteroatoms. The molecule has 1 aromatic carbocycles.